The molecule has 3 amide bonds. The number of amides is 3. The van der Waals surface area contributed by atoms with Crippen LogP contribution in [0.4, 0.5) is 35.7 Å². The number of nitrogens with one attached hydrogen (secondary N) is 2. The molecule has 0 spiro atoms. The van der Waals surface area contributed by atoms with Crippen LogP contribution >= 0.6 is 0 Å². The molecule has 1 atom stereocenters. The molecule has 10 nitrogen and oxygen atoms in total. The molecule has 1 unspecified atom stereocenters. The van der Waals surface area contributed by atoms with E-state index in [1.54, 1.807) is 18.2 Å². The lowest BCUT2D eigenvalue weighted by atomic mass is 10.1. The quantitative estimate of drug-likeness (QED) is 0.586. The van der Waals surface area contributed by atoms with Crippen molar-refractivity contribution in [2.75, 3.05) is 41.3 Å². The van der Waals surface area contributed by atoms with Crippen molar-refractivity contribution in [2.24, 2.45) is 0 Å². The third-order valence-electron chi connectivity index (χ3n) is 5.37. The lowest BCUT2D eigenvalue weighted by molar-refractivity contribution is 0.147. The van der Waals surface area contributed by atoms with Gasteiger partial charge < -0.3 is 19.9 Å². The molecule has 2 N–H and O–H groups in total. The van der Waals surface area contributed by atoms with E-state index in [2.05, 4.69) is 20.8 Å². The van der Waals surface area contributed by atoms with E-state index in [0.717, 1.165) is 4.90 Å². The summed E-state index contributed by atoms with van der Waals surface area (Å²) in [4.78, 5) is 30.7. The second-order valence-electron chi connectivity index (χ2n) is 7.43. The summed E-state index contributed by atoms with van der Waals surface area (Å²) < 4.78 is 39.8. The SMILES string of the molecule is O=C1NCCN1c1ccc(-c2ccc(N3CC(CNc4ccon4)OC3=O)c(F)c2F)cn1. The van der Waals surface area contributed by atoms with Gasteiger partial charge in [-0.15, -0.1) is 0 Å². The number of aromatic nitrogens is 2. The van der Waals surface area contributed by atoms with E-state index < -0.39 is 23.8 Å². The van der Waals surface area contributed by atoms with Crippen LogP contribution in [0.1, 0.15) is 0 Å². The smallest absolute Gasteiger partial charge is 0.414 e. The Morgan fingerprint density at radius 3 is 2.70 bits per heavy atom. The molecule has 3 aromatic rings. The zero-order chi connectivity index (χ0) is 22.9. The predicted molar refractivity (Wildman–Crippen MR) is 113 cm³/mol. The van der Waals surface area contributed by atoms with E-state index >= 15 is 0 Å². The summed E-state index contributed by atoms with van der Waals surface area (Å²) in [6, 6.07) is 7.16. The lowest BCUT2D eigenvalue weighted by Gasteiger charge is -2.16. The van der Waals surface area contributed by atoms with Gasteiger partial charge in [0.2, 0.25) is 0 Å². The second-order valence-corrected chi connectivity index (χ2v) is 7.43. The van der Waals surface area contributed by atoms with Crippen molar-refractivity contribution in [1.29, 1.82) is 0 Å². The monoisotopic (exact) mass is 456 g/mol. The number of carbonyl (C=O) groups is 2. The van der Waals surface area contributed by atoms with Crippen LogP contribution in [0.2, 0.25) is 0 Å². The fourth-order valence-electron chi connectivity index (χ4n) is 3.71. The fourth-order valence-corrected chi connectivity index (χ4v) is 3.71. The molecular weight excluding hydrogens is 438 g/mol. The lowest BCUT2D eigenvalue weighted by Crippen LogP contribution is -2.28. The van der Waals surface area contributed by atoms with E-state index in [1.165, 1.54) is 29.5 Å². The molecule has 2 saturated heterocycles. The zero-order valence-corrected chi connectivity index (χ0v) is 17.1. The molecule has 2 fully saturated rings. The largest absolute Gasteiger partial charge is 0.442 e. The number of urea groups is 1. The number of benzene rings is 1. The number of pyridine rings is 1. The average Bonchev–Trinajstić information content (AvgIpc) is 3.56. The first-order valence-electron chi connectivity index (χ1n) is 10.1. The van der Waals surface area contributed by atoms with E-state index in [0.29, 0.717) is 30.3 Å². The van der Waals surface area contributed by atoms with Gasteiger partial charge in [-0.05, 0) is 24.3 Å². The molecule has 0 aliphatic carbocycles. The Kier molecular flexibility index (Phi) is 5.24. The molecule has 2 aliphatic rings. The van der Waals surface area contributed by atoms with Crippen molar-refractivity contribution < 1.29 is 27.6 Å². The second kappa shape index (κ2) is 8.37. The average molecular weight is 456 g/mol. The third-order valence-corrected chi connectivity index (χ3v) is 5.37. The van der Waals surface area contributed by atoms with Crippen molar-refractivity contribution in [3.8, 4) is 11.1 Å². The topological polar surface area (TPSA) is 113 Å². The molecule has 2 aliphatic heterocycles. The predicted octanol–water partition coefficient (Wildman–Crippen LogP) is 2.98. The highest BCUT2D eigenvalue weighted by molar-refractivity contribution is 5.93. The first-order chi connectivity index (χ1) is 16.0. The van der Waals surface area contributed by atoms with Crippen LogP contribution in [0.3, 0.4) is 0 Å². The number of ether oxygens (including phenoxy) is 1. The minimum atomic E-state index is -1.17. The van der Waals surface area contributed by atoms with Gasteiger partial charge in [0.25, 0.3) is 0 Å². The molecule has 0 bridgehead atoms. The Morgan fingerprint density at radius 1 is 1.12 bits per heavy atom. The number of halogens is 2. The number of nitrogens with zero attached hydrogens (tertiary/aromatic N) is 4. The van der Waals surface area contributed by atoms with Crippen molar-refractivity contribution in [3.63, 3.8) is 0 Å². The van der Waals surface area contributed by atoms with Gasteiger partial charge in [-0.25, -0.2) is 23.4 Å². The number of hydrogen-bond donors (Lipinski definition) is 2. The van der Waals surface area contributed by atoms with Crippen LogP contribution in [-0.4, -0.2) is 54.5 Å². The summed E-state index contributed by atoms with van der Waals surface area (Å²) in [6.07, 6.45) is 1.40. The Hall–Kier alpha value is -4.22. The molecule has 12 heteroatoms. The van der Waals surface area contributed by atoms with Crippen LogP contribution in [0.25, 0.3) is 11.1 Å². The summed E-state index contributed by atoms with van der Waals surface area (Å²) in [6.45, 7) is 1.25. The van der Waals surface area contributed by atoms with Gasteiger partial charge in [-0.3, -0.25) is 9.80 Å². The Balaban J connectivity index is 1.32. The van der Waals surface area contributed by atoms with E-state index in [-0.39, 0.29) is 30.4 Å². The van der Waals surface area contributed by atoms with Crippen LogP contribution in [0, 0.1) is 11.6 Å². The highest BCUT2D eigenvalue weighted by Gasteiger charge is 2.35. The number of hydrogen-bond acceptors (Lipinski definition) is 7. The maximum Gasteiger partial charge on any atom is 0.414 e. The van der Waals surface area contributed by atoms with Gasteiger partial charge in [-0.1, -0.05) is 5.16 Å². The third kappa shape index (κ3) is 3.90. The molecular formula is C21H18F2N6O4. The maximum absolute atomic E-state index is 14.9. The standard InChI is InChI=1S/C21H18F2N6O4/c22-18-14(12-1-4-17(26-9-12)28-7-6-24-20(28)30)2-3-15(19(18)23)29-11-13(33-21(29)31)10-25-16-5-8-32-27-16/h1-5,8-9,13H,6-7,10-11H2,(H,24,30)(H,25,27). The molecule has 33 heavy (non-hydrogen) atoms. The number of rotatable bonds is 6. The molecule has 5 rings (SSSR count). The van der Waals surface area contributed by atoms with Crippen LogP contribution < -0.4 is 20.4 Å². The van der Waals surface area contributed by atoms with Gasteiger partial charge in [0.15, 0.2) is 17.5 Å². The fraction of sp³-hybridized carbons (Fsp3) is 0.238. The van der Waals surface area contributed by atoms with E-state index in [9.17, 15) is 18.4 Å². The normalized spacial score (nSPS) is 17.9. The van der Waals surface area contributed by atoms with Crippen LogP contribution in [0.5, 0.6) is 0 Å². The number of cyclic esters (lactones) is 1. The Morgan fingerprint density at radius 2 is 2.00 bits per heavy atom. The Labute approximate surface area is 186 Å². The highest BCUT2D eigenvalue weighted by atomic mass is 19.2. The Bertz CT molecular complexity index is 1190. The summed E-state index contributed by atoms with van der Waals surface area (Å²) in [5.41, 5.74) is 0.0986. The number of anilines is 3. The minimum Gasteiger partial charge on any atom is -0.442 e. The first kappa shape index (κ1) is 20.7. The van der Waals surface area contributed by atoms with Crippen molar-refractivity contribution >= 4 is 29.4 Å². The summed E-state index contributed by atoms with van der Waals surface area (Å²) >= 11 is 0. The molecule has 0 saturated carbocycles. The van der Waals surface area contributed by atoms with E-state index in [4.69, 9.17) is 9.26 Å². The zero-order valence-electron chi connectivity index (χ0n) is 17.1. The number of carbonyl (C=O) groups excluding carboxylic acids is 2. The minimum absolute atomic E-state index is 0.0158. The van der Waals surface area contributed by atoms with Crippen molar-refractivity contribution in [3.05, 3.63) is 54.4 Å². The summed E-state index contributed by atoms with van der Waals surface area (Å²) in [5, 5.41) is 9.29. The maximum atomic E-state index is 14.9. The van der Waals surface area contributed by atoms with Gasteiger partial charge in [0.05, 0.1) is 18.8 Å². The van der Waals surface area contributed by atoms with Gasteiger partial charge >= 0.3 is 12.1 Å². The van der Waals surface area contributed by atoms with Crippen molar-refractivity contribution in [1.82, 2.24) is 15.5 Å². The van der Waals surface area contributed by atoms with Gasteiger partial charge in [-0.2, -0.15) is 0 Å². The van der Waals surface area contributed by atoms with Crippen molar-refractivity contribution in [2.45, 2.75) is 6.10 Å². The molecule has 0 radical (unpaired) electrons. The van der Waals surface area contributed by atoms with E-state index in [1.807, 2.05) is 0 Å². The summed E-state index contributed by atoms with van der Waals surface area (Å²) in [5.74, 6) is -1.40. The molecule has 2 aromatic heterocycles. The van der Waals surface area contributed by atoms with Crippen LogP contribution in [0.15, 0.2) is 47.3 Å². The van der Waals surface area contributed by atoms with Gasteiger partial charge in [0.1, 0.15) is 18.2 Å². The molecule has 170 valence electrons. The summed E-state index contributed by atoms with van der Waals surface area (Å²) in [7, 11) is 0. The molecule has 4 heterocycles. The van der Waals surface area contributed by atoms with Crippen LogP contribution in [-0.2, 0) is 4.74 Å². The first-order valence-corrected chi connectivity index (χ1v) is 10.1. The van der Waals surface area contributed by atoms with Gasteiger partial charge in [0, 0.05) is 36.5 Å². The highest BCUT2D eigenvalue weighted by Crippen LogP contribution is 2.33. The molecule has 1 aromatic carbocycles.